The highest BCUT2D eigenvalue weighted by molar-refractivity contribution is 5.83. The number of benzene rings is 4. The van der Waals surface area contributed by atoms with Crippen molar-refractivity contribution in [3.05, 3.63) is 108 Å². The van der Waals surface area contributed by atoms with E-state index in [1.165, 1.54) is 16.7 Å². The van der Waals surface area contributed by atoms with E-state index in [-0.39, 0.29) is 0 Å². The van der Waals surface area contributed by atoms with Gasteiger partial charge in [0, 0.05) is 5.56 Å². The van der Waals surface area contributed by atoms with Crippen molar-refractivity contribution in [3.8, 4) is 33.8 Å². The summed E-state index contributed by atoms with van der Waals surface area (Å²) in [5.74, 6) is 1.62. The maximum absolute atomic E-state index is 12.6. The molecule has 0 aliphatic rings. The number of carbonyl (C=O) groups is 1. The van der Waals surface area contributed by atoms with Crippen molar-refractivity contribution in [2.24, 2.45) is 0 Å². The number of hydrogen-bond acceptors (Lipinski definition) is 3. The number of ether oxygens (including phenoxy) is 2. The van der Waals surface area contributed by atoms with Gasteiger partial charge < -0.3 is 9.47 Å². The van der Waals surface area contributed by atoms with Crippen LogP contribution in [-0.2, 0) is 0 Å². The first-order valence-corrected chi connectivity index (χ1v) is 11.7. The summed E-state index contributed by atoms with van der Waals surface area (Å²) in [6.07, 6.45) is -0.759. The summed E-state index contributed by atoms with van der Waals surface area (Å²) in [4.78, 5) is 12.6. The van der Waals surface area contributed by atoms with Gasteiger partial charge in [-0.2, -0.15) is 0 Å². The molecule has 0 aliphatic heterocycles. The molecule has 0 spiro atoms. The Balaban J connectivity index is 1.80. The number of hydrogen-bond donors (Lipinski definition) is 0. The van der Waals surface area contributed by atoms with Crippen LogP contribution in [-0.4, -0.2) is 6.16 Å². The maximum Gasteiger partial charge on any atom is 0.519 e. The lowest BCUT2D eigenvalue weighted by atomic mass is 9.88. The molecule has 0 radical (unpaired) electrons. The third kappa shape index (κ3) is 5.20. The minimum atomic E-state index is -0.759. The quantitative estimate of drug-likeness (QED) is 0.217. The molecule has 0 fully saturated rings. The second-order valence-electron chi connectivity index (χ2n) is 8.96. The Morgan fingerprint density at radius 3 is 1.79 bits per heavy atom. The highest BCUT2D eigenvalue weighted by Gasteiger charge is 2.18. The molecule has 4 aromatic rings. The summed E-state index contributed by atoms with van der Waals surface area (Å²) in [6, 6.07) is 31.7. The standard InChI is InChI=1S/C31H30O3/c1-21(2)25-14-8-10-16-27(25)23-18-19-30(34-31(32)33-24-12-6-5-7-13-24)29(20-23)28-17-11-9-15-26(28)22(3)4/h5-22H,1-4H3. The number of para-hydroxylation sites is 1. The fourth-order valence-corrected chi connectivity index (χ4v) is 4.20. The second kappa shape index (κ2) is 10.4. The first-order valence-electron chi connectivity index (χ1n) is 11.7. The molecule has 0 heterocycles. The molecule has 4 aromatic carbocycles. The molecule has 4 rings (SSSR count). The van der Waals surface area contributed by atoms with Crippen molar-refractivity contribution in [1.29, 1.82) is 0 Å². The van der Waals surface area contributed by atoms with Gasteiger partial charge in [-0.15, -0.1) is 0 Å². The van der Waals surface area contributed by atoms with E-state index in [9.17, 15) is 4.79 Å². The van der Waals surface area contributed by atoms with Gasteiger partial charge in [0.25, 0.3) is 0 Å². The van der Waals surface area contributed by atoms with Crippen LogP contribution >= 0.6 is 0 Å². The van der Waals surface area contributed by atoms with Gasteiger partial charge in [0.1, 0.15) is 11.5 Å². The molecule has 3 nitrogen and oxygen atoms in total. The van der Waals surface area contributed by atoms with Crippen LogP contribution in [0.1, 0.15) is 50.7 Å². The van der Waals surface area contributed by atoms with Crippen LogP contribution < -0.4 is 9.47 Å². The smallest absolute Gasteiger partial charge is 0.395 e. The normalized spacial score (nSPS) is 11.0. The summed E-state index contributed by atoms with van der Waals surface area (Å²) in [5.41, 5.74) is 6.65. The molecule has 0 saturated heterocycles. The van der Waals surface area contributed by atoms with Gasteiger partial charge >= 0.3 is 6.16 Å². The highest BCUT2D eigenvalue weighted by atomic mass is 16.7. The molecular weight excluding hydrogens is 420 g/mol. The maximum atomic E-state index is 12.6. The topological polar surface area (TPSA) is 35.5 Å². The van der Waals surface area contributed by atoms with Gasteiger partial charge in [0.05, 0.1) is 0 Å². The van der Waals surface area contributed by atoms with Crippen LogP contribution in [0.4, 0.5) is 4.79 Å². The largest absolute Gasteiger partial charge is 0.519 e. The van der Waals surface area contributed by atoms with Gasteiger partial charge in [-0.1, -0.05) is 100 Å². The van der Waals surface area contributed by atoms with Gasteiger partial charge in [-0.05, 0) is 63.9 Å². The van der Waals surface area contributed by atoms with Gasteiger partial charge in [0.15, 0.2) is 0 Å². The zero-order valence-corrected chi connectivity index (χ0v) is 20.1. The minimum absolute atomic E-state index is 0.312. The molecule has 0 unspecified atom stereocenters. The Labute approximate surface area is 202 Å². The summed E-state index contributed by atoms with van der Waals surface area (Å²) >= 11 is 0. The molecule has 0 amide bonds. The molecule has 172 valence electrons. The lowest BCUT2D eigenvalue weighted by Gasteiger charge is -2.18. The predicted molar refractivity (Wildman–Crippen MR) is 139 cm³/mol. The zero-order chi connectivity index (χ0) is 24.1. The summed E-state index contributed by atoms with van der Waals surface area (Å²) in [7, 11) is 0. The fraction of sp³-hybridized carbons (Fsp3) is 0.194. The SMILES string of the molecule is CC(C)c1ccccc1-c1ccc(OC(=O)Oc2ccccc2)c(-c2ccccc2C(C)C)c1. The Hall–Kier alpha value is -3.85. The monoisotopic (exact) mass is 450 g/mol. The average Bonchev–Trinajstić information content (AvgIpc) is 2.85. The van der Waals surface area contributed by atoms with Crippen LogP contribution in [0, 0.1) is 0 Å². The molecule has 0 N–H and O–H groups in total. The third-order valence-corrected chi connectivity index (χ3v) is 5.88. The molecule has 0 saturated carbocycles. The van der Waals surface area contributed by atoms with Crippen LogP contribution in [0.3, 0.4) is 0 Å². The molecule has 3 heteroatoms. The Kier molecular flexibility index (Phi) is 7.12. The number of rotatable bonds is 6. The van der Waals surface area contributed by atoms with Crippen molar-refractivity contribution in [1.82, 2.24) is 0 Å². The van der Waals surface area contributed by atoms with E-state index >= 15 is 0 Å². The molecule has 34 heavy (non-hydrogen) atoms. The summed E-state index contributed by atoms with van der Waals surface area (Å²) in [6.45, 7) is 8.73. The van der Waals surface area contributed by atoms with E-state index in [0.29, 0.717) is 23.3 Å². The second-order valence-corrected chi connectivity index (χ2v) is 8.96. The third-order valence-electron chi connectivity index (χ3n) is 5.88. The van der Waals surface area contributed by atoms with Crippen LogP contribution in [0.2, 0.25) is 0 Å². The van der Waals surface area contributed by atoms with E-state index in [4.69, 9.17) is 9.47 Å². The van der Waals surface area contributed by atoms with E-state index in [1.54, 1.807) is 12.1 Å². The molecule has 0 bridgehead atoms. The fourth-order valence-electron chi connectivity index (χ4n) is 4.20. The molecule has 0 atom stereocenters. The van der Waals surface area contributed by atoms with Crippen molar-refractivity contribution in [2.45, 2.75) is 39.5 Å². The lowest BCUT2D eigenvalue weighted by Crippen LogP contribution is -2.14. The van der Waals surface area contributed by atoms with E-state index in [1.807, 2.05) is 42.5 Å². The Bertz CT molecular complexity index is 1270. The van der Waals surface area contributed by atoms with Crippen LogP contribution in [0.5, 0.6) is 11.5 Å². The summed E-state index contributed by atoms with van der Waals surface area (Å²) in [5, 5.41) is 0. The zero-order valence-electron chi connectivity index (χ0n) is 20.1. The lowest BCUT2D eigenvalue weighted by molar-refractivity contribution is 0.152. The van der Waals surface area contributed by atoms with Crippen molar-refractivity contribution < 1.29 is 14.3 Å². The van der Waals surface area contributed by atoms with Crippen molar-refractivity contribution in [3.63, 3.8) is 0 Å². The minimum Gasteiger partial charge on any atom is -0.395 e. The van der Waals surface area contributed by atoms with Gasteiger partial charge in [-0.25, -0.2) is 4.79 Å². The van der Waals surface area contributed by atoms with Crippen LogP contribution in [0.25, 0.3) is 22.3 Å². The van der Waals surface area contributed by atoms with E-state index in [2.05, 4.69) is 70.2 Å². The number of carbonyl (C=O) groups excluding carboxylic acids is 1. The molecular formula is C31H30O3. The predicted octanol–water partition coefficient (Wildman–Crippen LogP) is 8.85. The molecule has 0 aromatic heterocycles. The Morgan fingerprint density at radius 2 is 1.15 bits per heavy atom. The van der Waals surface area contributed by atoms with Crippen LogP contribution in [0.15, 0.2) is 97.1 Å². The average molecular weight is 451 g/mol. The summed E-state index contributed by atoms with van der Waals surface area (Å²) < 4.78 is 11.1. The highest BCUT2D eigenvalue weighted by Crippen LogP contribution is 2.40. The van der Waals surface area contributed by atoms with E-state index < -0.39 is 6.16 Å². The Morgan fingerprint density at radius 1 is 0.588 bits per heavy atom. The first-order chi connectivity index (χ1) is 16.4. The van der Waals surface area contributed by atoms with Gasteiger partial charge in [-0.3, -0.25) is 0 Å². The molecule has 0 aliphatic carbocycles. The van der Waals surface area contributed by atoms with Gasteiger partial charge in [0.2, 0.25) is 0 Å². The first kappa shape index (κ1) is 23.3. The van der Waals surface area contributed by atoms with Crippen molar-refractivity contribution in [2.75, 3.05) is 0 Å². The van der Waals surface area contributed by atoms with E-state index in [0.717, 1.165) is 16.7 Å². The van der Waals surface area contributed by atoms with Crippen molar-refractivity contribution >= 4 is 6.16 Å².